The Bertz CT molecular complexity index is 1610. The minimum Gasteiger partial charge on any atom is -0.379 e. The van der Waals surface area contributed by atoms with Gasteiger partial charge in [-0.15, -0.1) is 0 Å². The van der Waals surface area contributed by atoms with E-state index in [0.29, 0.717) is 35.9 Å². The van der Waals surface area contributed by atoms with Crippen LogP contribution < -0.4 is 21.3 Å². The maximum atomic E-state index is 13.1. The number of sulfone groups is 1. The summed E-state index contributed by atoms with van der Waals surface area (Å²) < 4.78 is 49.8. The second-order valence-corrected chi connectivity index (χ2v) is 13.2. The summed E-state index contributed by atoms with van der Waals surface area (Å²) >= 11 is 0. The number of hydrogen-bond donors (Lipinski definition) is 4. The van der Waals surface area contributed by atoms with Crippen molar-refractivity contribution in [3.05, 3.63) is 53.7 Å². The topological polar surface area (TPSA) is 150 Å². The lowest BCUT2D eigenvalue weighted by atomic mass is 9.92. The van der Waals surface area contributed by atoms with Gasteiger partial charge in [-0.2, -0.15) is 0 Å². The summed E-state index contributed by atoms with van der Waals surface area (Å²) in [6.07, 6.45) is 3.41. The van der Waals surface area contributed by atoms with Gasteiger partial charge in [0.25, 0.3) is 6.43 Å². The molecule has 2 aliphatic heterocycles. The number of halogens is 2. The fraction of sp³-hybridized carbons (Fsp3) is 0.429. The zero-order chi connectivity index (χ0) is 29.5. The molecule has 218 valence electrons. The molecule has 2 saturated heterocycles. The first-order chi connectivity index (χ1) is 19.4. The molecule has 0 amide bonds. The minimum atomic E-state index is -3.13. The number of fused-ring (bicyclic) bond motifs is 1. The van der Waals surface area contributed by atoms with Crippen molar-refractivity contribution in [1.82, 2.24) is 20.3 Å². The Kier molecular flexibility index (Phi) is 7.93. The lowest BCUT2D eigenvalue weighted by Crippen LogP contribution is -2.63. The van der Waals surface area contributed by atoms with Gasteiger partial charge in [-0.25, -0.2) is 32.2 Å². The van der Waals surface area contributed by atoms with Crippen molar-refractivity contribution in [3.63, 3.8) is 0 Å². The highest BCUT2D eigenvalue weighted by Crippen LogP contribution is 2.38. The van der Waals surface area contributed by atoms with E-state index >= 15 is 0 Å². The van der Waals surface area contributed by atoms with E-state index in [-0.39, 0.29) is 29.8 Å². The predicted octanol–water partition coefficient (Wildman–Crippen LogP) is 4.04. The van der Waals surface area contributed by atoms with Gasteiger partial charge >= 0.3 is 0 Å². The highest BCUT2D eigenvalue weighted by Gasteiger charge is 2.39. The Hall–Kier alpha value is -3.71. The van der Waals surface area contributed by atoms with E-state index in [1.54, 1.807) is 18.5 Å². The Morgan fingerprint density at radius 2 is 2.02 bits per heavy atom. The lowest BCUT2D eigenvalue weighted by molar-refractivity contribution is 0.109. The summed E-state index contributed by atoms with van der Waals surface area (Å²) in [5.41, 5.74) is 9.32. The van der Waals surface area contributed by atoms with Crippen molar-refractivity contribution < 1.29 is 17.2 Å². The van der Waals surface area contributed by atoms with Gasteiger partial charge in [0.05, 0.1) is 23.5 Å². The molecule has 0 bridgehead atoms. The smallest absolute Gasteiger partial charge is 0.258 e. The molecule has 13 heteroatoms. The van der Waals surface area contributed by atoms with Crippen LogP contribution in [0.2, 0.25) is 0 Å². The summed E-state index contributed by atoms with van der Waals surface area (Å²) in [6, 6.07) is 6.75. The average molecular weight is 585 g/mol. The van der Waals surface area contributed by atoms with E-state index in [1.807, 2.05) is 17.0 Å². The second kappa shape index (κ2) is 11.3. The Balaban J connectivity index is 1.43. The van der Waals surface area contributed by atoms with Crippen LogP contribution in [0.3, 0.4) is 0 Å². The molecule has 2 aromatic heterocycles. The maximum Gasteiger partial charge on any atom is 0.258 e. The molecule has 4 heterocycles. The van der Waals surface area contributed by atoms with E-state index in [1.165, 1.54) is 6.26 Å². The van der Waals surface area contributed by atoms with E-state index in [0.717, 1.165) is 28.2 Å². The molecule has 0 spiro atoms. The third kappa shape index (κ3) is 6.01. The van der Waals surface area contributed by atoms with Crippen molar-refractivity contribution >= 4 is 49.7 Å². The van der Waals surface area contributed by atoms with Gasteiger partial charge in [0.2, 0.25) is 0 Å². The van der Waals surface area contributed by atoms with Crippen molar-refractivity contribution in [2.45, 2.75) is 51.2 Å². The lowest BCUT2D eigenvalue weighted by Gasteiger charge is -2.47. The Morgan fingerprint density at radius 3 is 2.66 bits per heavy atom. The van der Waals surface area contributed by atoms with Gasteiger partial charge in [-0.3, -0.25) is 0 Å². The largest absolute Gasteiger partial charge is 0.379 e. The molecule has 2 aliphatic rings. The third-order valence-electron chi connectivity index (χ3n) is 7.63. The summed E-state index contributed by atoms with van der Waals surface area (Å²) in [4.78, 5) is 15.4. The van der Waals surface area contributed by atoms with Crippen LogP contribution in [0.1, 0.15) is 44.0 Å². The fourth-order valence-corrected chi connectivity index (χ4v) is 6.59. The van der Waals surface area contributed by atoms with Crippen LogP contribution in [-0.4, -0.2) is 66.8 Å². The van der Waals surface area contributed by atoms with Gasteiger partial charge in [0.1, 0.15) is 21.5 Å². The fourth-order valence-electron chi connectivity index (χ4n) is 5.51. The number of nitrogens with zero attached hydrogens (tertiary/aromatic N) is 4. The average Bonchev–Trinajstić information content (AvgIpc) is 3.40. The molecule has 41 heavy (non-hydrogen) atoms. The monoisotopic (exact) mass is 584 g/mol. The predicted molar refractivity (Wildman–Crippen MR) is 158 cm³/mol. The number of allylic oxidation sites excluding steroid dienone is 2. The summed E-state index contributed by atoms with van der Waals surface area (Å²) in [5, 5.41) is 15.8. The molecule has 2 fully saturated rings. The van der Waals surface area contributed by atoms with Gasteiger partial charge in [-0.05, 0) is 47.9 Å². The van der Waals surface area contributed by atoms with Gasteiger partial charge < -0.3 is 26.7 Å². The van der Waals surface area contributed by atoms with Crippen LogP contribution in [0.4, 0.5) is 26.1 Å². The quantitative estimate of drug-likeness (QED) is 0.273. The SMILES string of the molecule is CC(C)c1ccc(N2C[C@H](CS(C)(=O)=O)[C@H]2N)c2cnc(Nc3ccnc(/C(C=N)=C4\CC[C@H](C(F)F)N4)n3)cc12. The van der Waals surface area contributed by atoms with Crippen molar-refractivity contribution in [2.75, 3.05) is 28.8 Å². The molecule has 10 nitrogen and oxygen atoms in total. The maximum absolute atomic E-state index is 13.1. The van der Waals surface area contributed by atoms with Crippen LogP contribution in [0.5, 0.6) is 0 Å². The number of rotatable bonds is 9. The normalized spacial score (nSPS) is 22.1. The first-order valence-corrected chi connectivity index (χ1v) is 15.5. The third-order valence-corrected chi connectivity index (χ3v) is 8.66. The number of benzene rings is 1. The molecule has 3 atom stereocenters. The van der Waals surface area contributed by atoms with Crippen molar-refractivity contribution in [1.29, 1.82) is 5.41 Å². The standard InChI is InChI=1S/C28H34F2N8O2S/c1-15(2)17-4-7-23(38-13-16(27(38)32)14-41(3,39)40)20-12-34-25(10-18(17)20)36-24-8-9-33-28(37-24)19(11-31)21-5-6-22(35-21)26(29)30/h4,7-12,15-16,22,26-27,31,35H,5-6,13-14,32H2,1-3H3,(H,33,34,36,37)/b21-19+,31-11?/t16-,22-,27+/m1/s1. The molecule has 0 unspecified atom stereocenters. The summed E-state index contributed by atoms with van der Waals surface area (Å²) in [7, 11) is -3.13. The number of nitrogens with two attached hydrogens (primary N) is 1. The van der Waals surface area contributed by atoms with E-state index < -0.39 is 28.5 Å². The number of anilines is 3. The molecule has 0 radical (unpaired) electrons. The highest BCUT2D eigenvalue weighted by atomic mass is 32.2. The molecule has 5 rings (SSSR count). The molecule has 3 aromatic rings. The van der Waals surface area contributed by atoms with Crippen LogP contribution in [0.15, 0.2) is 42.4 Å². The highest BCUT2D eigenvalue weighted by molar-refractivity contribution is 7.90. The zero-order valence-corrected chi connectivity index (χ0v) is 23.9. The van der Waals surface area contributed by atoms with Crippen LogP contribution in [-0.2, 0) is 9.84 Å². The second-order valence-electron chi connectivity index (χ2n) is 11.0. The molecular formula is C28H34F2N8O2S. The molecule has 5 N–H and O–H groups in total. The molecule has 1 aromatic carbocycles. The number of nitrogens with one attached hydrogen (secondary N) is 3. The van der Waals surface area contributed by atoms with Crippen LogP contribution in [0, 0.1) is 11.3 Å². The van der Waals surface area contributed by atoms with Crippen LogP contribution in [0.25, 0.3) is 16.3 Å². The first kappa shape index (κ1) is 28.8. The Labute approximate surface area is 237 Å². The first-order valence-electron chi connectivity index (χ1n) is 13.5. The molecule has 0 aliphatic carbocycles. The summed E-state index contributed by atoms with van der Waals surface area (Å²) in [6.45, 7) is 4.77. The van der Waals surface area contributed by atoms with Gasteiger partial charge in [-0.1, -0.05) is 19.9 Å². The molecule has 0 saturated carbocycles. The number of hydrogen-bond acceptors (Lipinski definition) is 10. The van der Waals surface area contributed by atoms with E-state index in [2.05, 4.69) is 45.5 Å². The minimum absolute atomic E-state index is 0.0547. The van der Waals surface area contributed by atoms with Crippen LogP contribution >= 0.6 is 0 Å². The summed E-state index contributed by atoms with van der Waals surface area (Å²) in [5.74, 6) is 1.40. The van der Waals surface area contributed by atoms with Crippen molar-refractivity contribution in [3.8, 4) is 0 Å². The van der Waals surface area contributed by atoms with Gasteiger partial charge in [0.15, 0.2) is 5.82 Å². The number of alkyl halides is 2. The zero-order valence-electron chi connectivity index (χ0n) is 23.1. The number of pyridine rings is 1. The van der Waals surface area contributed by atoms with Gasteiger partial charge in [0, 0.05) is 54.1 Å². The van der Waals surface area contributed by atoms with E-state index in [4.69, 9.17) is 11.1 Å². The Morgan fingerprint density at radius 1 is 1.24 bits per heavy atom. The number of aromatic nitrogens is 3. The van der Waals surface area contributed by atoms with Crippen molar-refractivity contribution in [2.24, 2.45) is 11.7 Å². The molecular weight excluding hydrogens is 550 g/mol. The van der Waals surface area contributed by atoms with E-state index in [9.17, 15) is 17.2 Å².